The van der Waals surface area contributed by atoms with E-state index in [2.05, 4.69) is 28.5 Å². The maximum absolute atomic E-state index is 10.3. The van der Waals surface area contributed by atoms with Crippen molar-refractivity contribution in [3.63, 3.8) is 0 Å². The van der Waals surface area contributed by atoms with Gasteiger partial charge in [0.15, 0.2) is 0 Å². The molecule has 0 amide bonds. The van der Waals surface area contributed by atoms with Gasteiger partial charge in [-0.25, -0.2) is 0 Å². The van der Waals surface area contributed by atoms with Gasteiger partial charge in [-0.05, 0) is 17.7 Å². The van der Waals surface area contributed by atoms with Crippen LogP contribution in [0.1, 0.15) is 5.56 Å². The van der Waals surface area contributed by atoms with E-state index in [4.69, 9.17) is 14.2 Å². The highest BCUT2D eigenvalue weighted by Gasteiger charge is 2.16. The Balaban J connectivity index is 1.88. The zero-order valence-corrected chi connectivity index (χ0v) is 15.8. The molecule has 146 valence electrons. The first kappa shape index (κ1) is 20.9. The van der Waals surface area contributed by atoms with Crippen LogP contribution < -0.4 is 4.74 Å². The normalized spacial score (nSPS) is 16.6. The van der Waals surface area contributed by atoms with Crippen molar-refractivity contribution in [1.29, 1.82) is 0 Å². The van der Waals surface area contributed by atoms with Crippen molar-refractivity contribution < 1.29 is 19.3 Å². The van der Waals surface area contributed by atoms with Crippen molar-refractivity contribution >= 4 is 0 Å². The molecule has 1 unspecified atom stereocenters. The third-order valence-electron chi connectivity index (χ3n) is 4.42. The molecule has 1 aromatic carbocycles. The minimum Gasteiger partial charge on any atom is -0.497 e. The molecule has 1 fully saturated rings. The highest BCUT2D eigenvalue weighted by molar-refractivity contribution is 5.27. The summed E-state index contributed by atoms with van der Waals surface area (Å²) in [5.41, 5.74) is 1.20. The Labute approximate surface area is 156 Å². The molecule has 0 spiro atoms. The van der Waals surface area contributed by atoms with E-state index in [0.717, 1.165) is 51.7 Å². The molecule has 1 aromatic rings. The maximum Gasteiger partial charge on any atom is 0.118 e. The number of methoxy groups -OCH3 is 1. The number of hydrogen-bond donors (Lipinski definition) is 1. The van der Waals surface area contributed by atoms with Crippen LogP contribution in [-0.2, 0) is 16.0 Å². The second-order valence-corrected chi connectivity index (χ2v) is 6.52. The minimum atomic E-state index is -0.516. The summed E-state index contributed by atoms with van der Waals surface area (Å²) in [6.45, 7) is 11.2. The van der Waals surface area contributed by atoms with E-state index in [1.54, 1.807) is 13.2 Å². The number of ether oxygens (including phenoxy) is 3. The highest BCUT2D eigenvalue weighted by Crippen LogP contribution is 2.13. The Kier molecular flexibility index (Phi) is 9.66. The van der Waals surface area contributed by atoms with Gasteiger partial charge in [0, 0.05) is 39.3 Å². The van der Waals surface area contributed by atoms with Crippen molar-refractivity contribution in [3.8, 4) is 5.75 Å². The molecular formula is C20H32N2O4. The number of benzene rings is 1. The molecule has 1 aliphatic rings. The third-order valence-corrected chi connectivity index (χ3v) is 4.42. The Morgan fingerprint density at radius 2 is 2.04 bits per heavy atom. The van der Waals surface area contributed by atoms with E-state index < -0.39 is 6.10 Å². The van der Waals surface area contributed by atoms with Gasteiger partial charge in [0.1, 0.15) is 5.75 Å². The Hall–Kier alpha value is -1.44. The van der Waals surface area contributed by atoms with Gasteiger partial charge in [-0.2, -0.15) is 0 Å². The molecular weight excluding hydrogens is 332 g/mol. The van der Waals surface area contributed by atoms with Crippen LogP contribution in [0.4, 0.5) is 0 Å². The van der Waals surface area contributed by atoms with Crippen LogP contribution in [0.15, 0.2) is 36.9 Å². The van der Waals surface area contributed by atoms with Crippen molar-refractivity contribution in [2.75, 3.05) is 66.3 Å². The summed E-state index contributed by atoms with van der Waals surface area (Å²) in [6.07, 6.45) is 1.18. The minimum absolute atomic E-state index is 0.322. The number of hydrogen-bond acceptors (Lipinski definition) is 6. The predicted molar refractivity (Wildman–Crippen MR) is 103 cm³/mol. The summed E-state index contributed by atoms with van der Waals surface area (Å²) in [6, 6.07) is 8.08. The van der Waals surface area contributed by atoms with Gasteiger partial charge < -0.3 is 19.3 Å². The molecule has 0 aliphatic carbocycles. The smallest absolute Gasteiger partial charge is 0.118 e. The number of morpholine rings is 1. The molecule has 2 rings (SSSR count). The SMILES string of the molecule is C=CCOCC(O)CN(CCN1CCOCC1)Cc1ccc(OC)cc1. The van der Waals surface area contributed by atoms with Crippen molar-refractivity contribution in [3.05, 3.63) is 42.5 Å². The molecule has 1 heterocycles. The molecule has 26 heavy (non-hydrogen) atoms. The first-order valence-electron chi connectivity index (χ1n) is 9.23. The lowest BCUT2D eigenvalue weighted by atomic mass is 10.2. The lowest BCUT2D eigenvalue weighted by molar-refractivity contribution is 0.0128. The van der Waals surface area contributed by atoms with Crippen molar-refractivity contribution in [2.45, 2.75) is 12.6 Å². The summed E-state index contributed by atoms with van der Waals surface area (Å²) < 4.78 is 16.0. The molecule has 0 saturated carbocycles. The molecule has 0 radical (unpaired) electrons. The lowest BCUT2D eigenvalue weighted by Gasteiger charge is -2.31. The predicted octanol–water partition coefficient (Wildman–Crippen LogP) is 1.39. The topological polar surface area (TPSA) is 54.4 Å². The Morgan fingerprint density at radius 3 is 2.69 bits per heavy atom. The zero-order chi connectivity index (χ0) is 18.6. The zero-order valence-electron chi connectivity index (χ0n) is 15.8. The first-order chi connectivity index (χ1) is 12.7. The third kappa shape index (κ3) is 7.85. The van der Waals surface area contributed by atoms with Crippen LogP contribution in [0.2, 0.25) is 0 Å². The van der Waals surface area contributed by atoms with Crippen LogP contribution in [0.25, 0.3) is 0 Å². The second-order valence-electron chi connectivity index (χ2n) is 6.52. The highest BCUT2D eigenvalue weighted by atomic mass is 16.5. The van der Waals surface area contributed by atoms with E-state index in [1.807, 2.05) is 12.1 Å². The average molecular weight is 364 g/mol. The van der Waals surface area contributed by atoms with Crippen molar-refractivity contribution in [2.24, 2.45) is 0 Å². The molecule has 1 aliphatic heterocycles. The maximum atomic E-state index is 10.3. The van der Waals surface area contributed by atoms with Crippen LogP contribution in [-0.4, -0.2) is 87.3 Å². The van der Waals surface area contributed by atoms with E-state index in [9.17, 15) is 5.11 Å². The Bertz CT molecular complexity index is 503. The summed E-state index contributed by atoms with van der Waals surface area (Å²) in [5, 5.41) is 10.3. The lowest BCUT2D eigenvalue weighted by Crippen LogP contribution is -2.43. The number of aliphatic hydroxyl groups excluding tert-OH is 1. The van der Waals surface area contributed by atoms with E-state index >= 15 is 0 Å². The van der Waals surface area contributed by atoms with Gasteiger partial charge in [-0.3, -0.25) is 9.80 Å². The van der Waals surface area contributed by atoms with Crippen molar-refractivity contribution in [1.82, 2.24) is 9.80 Å². The summed E-state index contributed by atoms with van der Waals surface area (Å²) in [4.78, 5) is 4.68. The van der Waals surface area contributed by atoms with E-state index in [1.165, 1.54) is 5.56 Å². The van der Waals surface area contributed by atoms with Crippen LogP contribution in [0.5, 0.6) is 5.75 Å². The molecule has 1 saturated heterocycles. The molecule has 6 nitrogen and oxygen atoms in total. The van der Waals surface area contributed by atoms with Gasteiger partial charge in [-0.15, -0.1) is 6.58 Å². The quantitative estimate of drug-likeness (QED) is 0.447. The van der Waals surface area contributed by atoms with Crippen LogP contribution in [0, 0.1) is 0 Å². The van der Waals surface area contributed by atoms with E-state index in [0.29, 0.717) is 19.8 Å². The fourth-order valence-corrected chi connectivity index (χ4v) is 2.97. The second kappa shape index (κ2) is 12.0. The van der Waals surface area contributed by atoms with Gasteiger partial charge in [0.05, 0.1) is 39.6 Å². The molecule has 6 heteroatoms. The molecule has 0 bridgehead atoms. The van der Waals surface area contributed by atoms with E-state index in [-0.39, 0.29) is 0 Å². The number of nitrogens with zero attached hydrogens (tertiary/aromatic N) is 2. The fourth-order valence-electron chi connectivity index (χ4n) is 2.97. The largest absolute Gasteiger partial charge is 0.497 e. The standard InChI is InChI=1S/C20H32N2O4/c1-3-12-26-17-19(23)16-22(9-8-21-10-13-25-14-11-21)15-18-4-6-20(24-2)7-5-18/h3-7,19,23H,1,8-17H2,2H3. The Morgan fingerprint density at radius 1 is 1.31 bits per heavy atom. The average Bonchev–Trinajstić information content (AvgIpc) is 2.68. The van der Waals surface area contributed by atoms with Gasteiger partial charge in [-0.1, -0.05) is 18.2 Å². The van der Waals surface area contributed by atoms with Gasteiger partial charge in [0.25, 0.3) is 0 Å². The molecule has 1 atom stereocenters. The van der Waals surface area contributed by atoms with Gasteiger partial charge >= 0.3 is 0 Å². The first-order valence-corrected chi connectivity index (χ1v) is 9.23. The summed E-state index contributed by atoms with van der Waals surface area (Å²) >= 11 is 0. The number of aliphatic hydroxyl groups is 1. The molecule has 0 aromatic heterocycles. The van der Waals surface area contributed by atoms with Crippen LogP contribution >= 0.6 is 0 Å². The summed E-state index contributed by atoms with van der Waals surface area (Å²) in [7, 11) is 1.67. The number of rotatable bonds is 12. The fraction of sp³-hybridized carbons (Fsp3) is 0.600. The monoisotopic (exact) mass is 364 g/mol. The molecule has 1 N–H and O–H groups in total. The summed E-state index contributed by atoms with van der Waals surface area (Å²) in [5.74, 6) is 0.853. The van der Waals surface area contributed by atoms with Crippen LogP contribution in [0.3, 0.4) is 0 Å². The van der Waals surface area contributed by atoms with Gasteiger partial charge in [0.2, 0.25) is 0 Å².